The van der Waals surface area contributed by atoms with Crippen LogP contribution in [0.25, 0.3) is 0 Å². The molecule has 0 aliphatic heterocycles. The summed E-state index contributed by atoms with van der Waals surface area (Å²) in [7, 11) is 0. The smallest absolute Gasteiger partial charge is 0.0103 e. The number of nitrogens with one attached hydrogen (secondary N) is 1. The Bertz CT molecular complexity index is 246. The Balaban J connectivity index is 1.74. The topological polar surface area (TPSA) is 12.0 Å². The molecule has 100 valence electrons. The first-order valence-corrected chi connectivity index (χ1v) is 7.80. The van der Waals surface area contributed by atoms with Gasteiger partial charge in [0.2, 0.25) is 0 Å². The highest BCUT2D eigenvalue weighted by Gasteiger charge is 2.56. The van der Waals surface area contributed by atoms with E-state index < -0.39 is 0 Å². The Morgan fingerprint density at radius 1 is 1.06 bits per heavy atom. The van der Waals surface area contributed by atoms with Crippen LogP contribution in [0.4, 0.5) is 0 Å². The number of hydrogen-bond acceptors (Lipinski definition) is 1. The van der Waals surface area contributed by atoms with Gasteiger partial charge in [-0.1, -0.05) is 47.0 Å². The van der Waals surface area contributed by atoms with E-state index in [1.165, 1.54) is 45.1 Å². The fourth-order valence-electron chi connectivity index (χ4n) is 4.44. The summed E-state index contributed by atoms with van der Waals surface area (Å²) in [5.41, 5.74) is 0.610. The van der Waals surface area contributed by atoms with Crippen LogP contribution in [-0.4, -0.2) is 12.6 Å². The molecule has 0 heterocycles. The second kappa shape index (κ2) is 5.30. The van der Waals surface area contributed by atoms with Crippen LogP contribution in [0, 0.1) is 23.2 Å². The van der Waals surface area contributed by atoms with Crippen molar-refractivity contribution < 1.29 is 0 Å². The van der Waals surface area contributed by atoms with Crippen molar-refractivity contribution in [3.8, 4) is 0 Å². The molecule has 0 amide bonds. The molecule has 4 unspecified atom stereocenters. The quantitative estimate of drug-likeness (QED) is 0.682. The molecule has 3 saturated carbocycles. The van der Waals surface area contributed by atoms with Gasteiger partial charge in [0, 0.05) is 6.04 Å². The van der Waals surface area contributed by atoms with Crippen molar-refractivity contribution >= 4 is 0 Å². The Morgan fingerprint density at radius 2 is 1.82 bits per heavy atom. The van der Waals surface area contributed by atoms with Crippen LogP contribution in [0.2, 0.25) is 0 Å². The minimum Gasteiger partial charge on any atom is -0.314 e. The van der Waals surface area contributed by atoms with E-state index in [0.717, 1.165) is 23.8 Å². The van der Waals surface area contributed by atoms with Gasteiger partial charge in [0.1, 0.15) is 0 Å². The summed E-state index contributed by atoms with van der Waals surface area (Å²) in [6.45, 7) is 11.0. The van der Waals surface area contributed by atoms with E-state index in [-0.39, 0.29) is 0 Å². The summed E-state index contributed by atoms with van der Waals surface area (Å²) < 4.78 is 0. The van der Waals surface area contributed by atoms with Crippen molar-refractivity contribution in [2.45, 2.75) is 72.3 Å². The standard InChI is InChI=1S/C16H31N/c1-5-6-7-8-9-17-15-10-12(2)13-11-14(15)16(13,3)4/h12-15,17H,5-11H2,1-4H3. The van der Waals surface area contributed by atoms with E-state index >= 15 is 0 Å². The van der Waals surface area contributed by atoms with E-state index in [0.29, 0.717) is 5.41 Å². The highest BCUT2D eigenvalue weighted by atomic mass is 14.9. The lowest BCUT2D eigenvalue weighted by molar-refractivity contribution is -0.119. The summed E-state index contributed by atoms with van der Waals surface area (Å²) >= 11 is 0. The normalized spacial score (nSPS) is 38.8. The molecule has 1 N–H and O–H groups in total. The molecule has 0 radical (unpaired) electrons. The molecule has 1 nitrogen and oxygen atoms in total. The maximum absolute atomic E-state index is 3.85. The van der Waals surface area contributed by atoms with E-state index in [9.17, 15) is 0 Å². The molecule has 3 aliphatic carbocycles. The lowest BCUT2D eigenvalue weighted by atomic mass is 9.44. The molecule has 0 aromatic heterocycles. The van der Waals surface area contributed by atoms with Gasteiger partial charge in [-0.25, -0.2) is 0 Å². The monoisotopic (exact) mass is 237 g/mol. The molecule has 3 aliphatic rings. The Hall–Kier alpha value is -0.0400. The first kappa shape index (κ1) is 13.4. The SMILES string of the molecule is CCCCCCNC1CC(C)C2CC1C2(C)C. The lowest BCUT2D eigenvalue weighted by Gasteiger charge is -2.63. The van der Waals surface area contributed by atoms with Gasteiger partial charge < -0.3 is 5.32 Å². The Morgan fingerprint density at radius 3 is 2.41 bits per heavy atom. The molecular formula is C16H31N. The van der Waals surface area contributed by atoms with Crippen LogP contribution >= 0.6 is 0 Å². The molecular weight excluding hydrogens is 206 g/mol. The molecule has 2 bridgehead atoms. The van der Waals surface area contributed by atoms with E-state index in [1.54, 1.807) is 0 Å². The Labute approximate surface area is 108 Å². The lowest BCUT2D eigenvalue weighted by Crippen LogP contribution is -2.61. The summed E-state index contributed by atoms with van der Waals surface area (Å²) in [5, 5.41) is 3.85. The molecule has 3 rings (SSSR count). The second-order valence-electron chi connectivity index (χ2n) is 7.10. The fourth-order valence-corrected chi connectivity index (χ4v) is 4.44. The molecule has 0 spiro atoms. The fraction of sp³-hybridized carbons (Fsp3) is 1.00. The van der Waals surface area contributed by atoms with Crippen LogP contribution in [0.5, 0.6) is 0 Å². The summed E-state index contributed by atoms with van der Waals surface area (Å²) in [6.07, 6.45) is 8.43. The zero-order valence-corrected chi connectivity index (χ0v) is 12.3. The maximum atomic E-state index is 3.85. The zero-order chi connectivity index (χ0) is 12.5. The highest BCUT2D eigenvalue weighted by molar-refractivity contribution is 5.08. The van der Waals surface area contributed by atoms with Crippen molar-refractivity contribution in [3.05, 3.63) is 0 Å². The zero-order valence-electron chi connectivity index (χ0n) is 12.3. The van der Waals surface area contributed by atoms with Crippen LogP contribution < -0.4 is 5.32 Å². The maximum Gasteiger partial charge on any atom is 0.0103 e. The van der Waals surface area contributed by atoms with E-state index in [1.807, 2.05) is 0 Å². The predicted octanol–water partition coefficient (Wildman–Crippen LogP) is 4.23. The molecule has 0 aromatic carbocycles. The van der Waals surface area contributed by atoms with Crippen LogP contribution in [-0.2, 0) is 0 Å². The van der Waals surface area contributed by atoms with E-state index in [4.69, 9.17) is 0 Å². The largest absolute Gasteiger partial charge is 0.314 e. The van der Waals surface area contributed by atoms with Crippen molar-refractivity contribution in [2.75, 3.05) is 6.54 Å². The minimum absolute atomic E-state index is 0.610. The van der Waals surface area contributed by atoms with Crippen molar-refractivity contribution in [1.82, 2.24) is 5.32 Å². The third-order valence-corrected chi connectivity index (χ3v) is 5.65. The number of hydrogen-bond donors (Lipinski definition) is 1. The van der Waals surface area contributed by atoms with Gasteiger partial charge >= 0.3 is 0 Å². The van der Waals surface area contributed by atoms with E-state index in [2.05, 4.69) is 33.0 Å². The molecule has 1 heteroatoms. The van der Waals surface area contributed by atoms with Gasteiger partial charge in [0.25, 0.3) is 0 Å². The average Bonchev–Trinajstić information content (AvgIpc) is 2.27. The first-order chi connectivity index (χ1) is 8.07. The molecule has 0 saturated heterocycles. The number of fused-ring (bicyclic) bond motifs is 2. The first-order valence-electron chi connectivity index (χ1n) is 7.80. The second-order valence-corrected chi connectivity index (χ2v) is 7.10. The summed E-state index contributed by atoms with van der Waals surface area (Å²) in [4.78, 5) is 0. The minimum atomic E-state index is 0.610. The number of rotatable bonds is 6. The van der Waals surface area contributed by atoms with Crippen LogP contribution in [0.1, 0.15) is 66.2 Å². The number of unbranched alkanes of at least 4 members (excludes halogenated alkanes) is 3. The third-order valence-electron chi connectivity index (χ3n) is 5.65. The predicted molar refractivity (Wildman–Crippen MR) is 75.1 cm³/mol. The van der Waals surface area contributed by atoms with Crippen molar-refractivity contribution in [3.63, 3.8) is 0 Å². The Kier molecular flexibility index (Phi) is 4.18. The third kappa shape index (κ3) is 2.54. The summed E-state index contributed by atoms with van der Waals surface area (Å²) in [5.74, 6) is 2.89. The average molecular weight is 237 g/mol. The van der Waals surface area contributed by atoms with Gasteiger partial charge in [-0.05, 0) is 49.0 Å². The molecule has 17 heavy (non-hydrogen) atoms. The van der Waals surface area contributed by atoms with Crippen LogP contribution in [0.3, 0.4) is 0 Å². The van der Waals surface area contributed by atoms with Crippen LogP contribution in [0.15, 0.2) is 0 Å². The van der Waals surface area contributed by atoms with Gasteiger partial charge in [-0.2, -0.15) is 0 Å². The van der Waals surface area contributed by atoms with Gasteiger partial charge in [0.15, 0.2) is 0 Å². The van der Waals surface area contributed by atoms with Gasteiger partial charge in [0.05, 0.1) is 0 Å². The van der Waals surface area contributed by atoms with Crippen molar-refractivity contribution in [1.29, 1.82) is 0 Å². The van der Waals surface area contributed by atoms with Gasteiger partial charge in [-0.3, -0.25) is 0 Å². The van der Waals surface area contributed by atoms with Gasteiger partial charge in [-0.15, -0.1) is 0 Å². The summed E-state index contributed by atoms with van der Waals surface area (Å²) in [6, 6.07) is 0.812. The highest BCUT2D eigenvalue weighted by Crippen LogP contribution is 2.61. The molecule has 3 fully saturated rings. The molecule has 0 aromatic rings. The molecule has 4 atom stereocenters. The van der Waals surface area contributed by atoms with Crippen molar-refractivity contribution in [2.24, 2.45) is 23.2 Å².